The fraction of sp³-hybridized carbons (Fsp3) is 0.316. The van der Waals surface area contributed by atoms with E-state index in [0.717, 1.165) is 22.9 Å². The van der Waals surface area contributed by atoms with E-state index in [4.69, 9.17) is 4.74 Å². The summed E-state index contributed by atoms with van der Waals surface area (Å²) >= 11 is 3.41. The maximum atomic E-state index is 12.4. The van der Waals surface area contributed by atoms with Gasteiger partial charge in [-0.2, -0.15) is 0 Å². The molecule has 2 aromatic carbocycles. The number of nitrogens with one attached hydrogen (secondary N) is 2. The SMILES string of the molecule is Cc1ccc(C(=O)Nc2ccc(S(=O)(=O)NCC3CCCO3)cc2)cc1Br. The van der Waals surface area contributed by atoms with E-state index >= 15 is 0 Å². The summed E-state index contributed by atoms with van der Waals surface area (Å²) in [6.07, 6.45) is 1.76. The van der Waals surface area contributed by atoms with Gasteiger partial charge in [0.05, 0.1) is 11.0 Å². The molecule has 2 aromatic rings. The smallest absolute Gasteiger partial charge is 0.255 e. The van der Waals surface area contributed by atoms with Crippen LogP contribution in [0.1, 0.15) is 28.8 Å². The molecule has 1 saturated heterocycles. The lowest BCUT2D eigenvalue weighted by Crippen LogP contribution is -2.31. The van der Waals surface area contributed by atoms with Crippen LogP contribution in [-0.4, -0.2) is 33.6 Å². The molecule has 1 aliphatic heterocycles. The highest BCUT2D eigenvalue weighted by Gasteiger charge is 2.20. The number of rotatable bonds is 6. The number of carbonyl (C=O) groups excluding carboxylic acids is 1. The molecule has 3 rings (SSSR count). The first-order chi connectivity index (χ1) is 12.8. The molecule has 27 heavy (non-hydrogen) atoms. The quantitative estimate of drug-likeness (QED) is 0.702. The highest BCUT2D eigenvalue weighted by molar-refractivity contribution is 9.10. The minimum atomic E-state index is -3.60. The number of anilines is 1. The molecule has 8 heteroatoms. The lowest BCUT2D eigenvalue weighted by molar-refractivity contribution is 0.102. The predicted octanol–water partition coefficient (Wildman–Crippen LogP) is 3.47. The first kappa shape index (κ1) is 20.0. The zero-order valence-electron chi connectivity index (χ0n) is 14.9. The van der Waals surface area contributed by atoms with Gasteiger partial charge in [0.2, 0.25) is 10.0 Å². The minimum Gasteiger partial charge on any atom is -0.377 e. The largest absolute Gasteiger partial charge is 0.377 e. The minimum absolute atomic E-state index is 0.0628. The van der Waals surface area contributed by atoms with Gasteiger partial charge in [-0.05, 0) is 61.7 Å². The van der Waals surface area contributed by atoms with E-state index in [1.165, 1.54) is 12.1 Å². The Morgan fingerprint density at radius 1 is 1.22 bits per heavy atom. The maximum Gasteiger partial charge on any atom is 0.255 e. The van der Waals surface area contributed by atoms with Crippen LogP contribution in [0.15, 0.2) is 51.8 Å². The molecule has 0 bridgehead atoms. The number of amides is 1. The second kappa shape index (κ2) is 8.52. The summed E-state index contributed by atoms with van der Waals surface area (Å²) in [4.78, 5) is 12.5. The van der Waals surface area contributed by atoms with Gasteiger partial charge in [0.25, 0.3) is 5.91 Å². The Balaban J connectivity index is 1.63. The van der Waals surface area contributed by atoms with E-state index in [2.05, 4.69) is 26.0 Å². The Hall–Kier alpha value is -1.74. The number of ether oxygens (including phenoxy) is 1. The van der Waals surface area contributed by atoms with Gasteiger partial charge < -0.3 is 10.1 Å². The molecule has 6 nitrogen and oxygen atoms in total. The van der Waals surface area contributed by atoms with Crippen molar-refractivity contribution in [2.75, 3.05) is 18.5 Å². The van der Waals surface area contributed by atoms with Crippen LogP contribution in [0.3, 0.4) is 0 Å². The fourth-order valence-electron chi connectivity index (χ4n) is 2.75. The molecular formula is C19H21BrN2O4S. The van der Waals surface area contributed by atoms with Crippen molar-refractivity contribution in [3.05, 3.63) is 58.1 Å². The molecule has 2 N–H and O–H groups in total. The van der Waals surface area contributed by atoms with Crippen molar-refractivity contribution in [3.8, 4) is 0 Å². The van der Waals surface area contributed by atoms with Gasteiger partial charge in [0.15, 0.2) is 0 Å². The normalized spacial score (nSPS) is 17.0. The van der Waals surface area contributed by atoms with Gasteiger partial charge in [0.1, 0.15) is 0 Å². The van der Waals surface area contributed by atoms with Crippen LogP contribution in [0.5, 0.6) is 0 Å². The Morgan fingerprint density at radius 2 is 1.96 bits per heavy atom. The van der Waals surface area contributed by atoms with Gasteiger partial charge in [-0.3, -0.25) is 4.79 Å². The first-order valence-corrected chi connectivity index (χ1v) is 10.9. The summed E-state index contributed by atoms with van der Waals surface area (Å²) < 4.78 is 33.6. The standard InChI is InChI=1S/C19H21BrN2O4S/c1-13-4-5-14(11-18(13)20)19(23)22-15-6-8-17(9-7-15)27(24,25)21-12-16-3-2-10-26-16/h4-9,11,16,21H,2-3,10,12H2,1H3,(H,22,23). The van der Waals surface area contributed by atoms with Crippen LogP contribution >= 0.6 is 15.9 Å². The molecule has 0 radical (unpaired) electrons. The van der Waals surface area contributed by atoms with E-state index in [1.54, 1.807) is 24.3 Å². The van der Waals surface area contributed by atoms with Crippen molar-refractivity contribution in [3.63, 3.8) is 0 Å². The van der Waals surface area contributed by atoms with Gasteiger partial charge in [0, 0.05) is 28.9 Å². The molecule has 0 spiro atoms. The van der Waals surface area contributed by atoms with Crippen molar-refractivity contribution in [1.82, 2.24) is 4.72 Å². The van der Waals surface area contributed by atoms with Crippen LogP contribution in [0, 0.1) is 6.92 Å². The Bertz CT molecular complexity index is 923. The molecular weight excluding hydrogens is 432 g/mol. The molecule has 1 unspecified atom stereocenters. The third-order valence-electron chi connectivity index (χ3n) is 4.38. The zero-order chi connectivity index (χ0) is 19.4. The lowest BCUT2D eigenvalue weighted by Gasteiger charge is -2.12. The molecule has 0 aliphatic carbocycles. The molecule has 1 fully saturated rings. The van der Waals surface area contributed by atoms with Crippen molar-refractivity contribution in [1.29, 1.82) is 0 Å². The van der Waals surface area contributed by atoms with Crippen LogP contribution in [0.2, 0.25) is 0 Å². The number of sulfonamides is 1. The van der Waals surface area contributed by atoms with Gasteiger partial charge in [-0.1, -0.05) is 22.0 Å². The third-order valence-corrected chi connectivity index (χ3v) is 6.68. The maximum absolute atomic E-state index is 12.4. The summed E-state index contributed by atoms with van der Waals surface area (Å²) in [6, 6.07) is 11.4. The molecule has 1 atom stereocenters. The predicted molar refractivity (Wildman–Crippen MR) is 107 cm³/mol. The van der Waals surface area contributed by atoms with Crippen molar-refractivity contribution in [2.24, 2.45) is 0 Å². The summed E-state index contributed by atoms with van der Waals surface area (Å²) in [5, 5.41) is 2.77. The van der Waals surface area contributed by atoms with Crippen LogP contribution in [-0.2, 0) is 14.8 Å². The first-order valence-electron chi connectivity index (χ1n) is 8.64. The number of aryl methyl sites for hydroxylation is 1. The number of carbonyl (C=O) groups is 1. The molecule has 0 aromatic heterocycles. The van der Waals surface area contributed by atoms with Gasteiger partial charge >= 0.3 is 0 Å². The average Bonchev–Trinajstić information content (AvgIpc) is 3.16. The van der Waals surface area contributed by atoms with Crippen molar-refractivity contribution >= 4 is 37.5 Å². The van der Waals surface area contributed by atoms with Crippen LogP contribution in [0.4, 0.5) is 5.69 Å². The van der Waals surface area contributed by atoms with Gasteiger partial charge in [-0.15, -0.1) is 0 Å². The van der Waals surface area contributed by atoms with Crippen molar-refractivity contribution in [2.45, 2.75) is 30.8 Å². The zero-order valence-corrected chi connectivity index (χ0v) is 17.3. The van der Waals surface area contributed by atoms with Gasteiger partial charge in [-0.25, -0.2) is 13.1 Å². The van der Waals surface area contributed by atoms with E-state index in [-0.39, 0.29) is 23.5 Å². The molecule has 144 valence electrons. The van der Waals surface area contributed by atoms with Crippen molar-refractivity contribution < 1.29 is 17.9 Å². The molecule has 1 aliphatic rings. The monoisotopic (exact) mass is 452 g/mol. The van der Waals surface area contributed by atoms with E-state index in [0.29, 0.717) is 17.9 Å². The van der Waals surface area contributed by atoms with Crippen LogP contribution < -0.4 is 10.0 Å². The third kappa shape index (κ3) is 5.16. The Kier molecular flexibility index (Phi) is 6.31. The van der Waals surface area contributed by atoms with E-state index < -0.39 is 10.0 Å². The topological polar surface area (TPSA) is 84.5 Å². The highest BCUT2D eigenvalue weighted by Crippen LogP contribution is 2.20. The average molecular weight is 453 g/mol. The molecule has 1 amide bonds. The molecule has 1 heterocycles. The number of hydrogen-bond donors (Lipinski definition) is 2. The van der Waals surface area contributed by atoms with Crippen LogP contribution in [0.25, 0.3) is 0 Å². The van der Waals surface area contributed by atoms with E-state index in [1.807, 2.05) is 13.0 Å². The lowest BCUT2D eigenvalue weighted by atomic mass is 10.1. The summed E-state index contributed by atoms with van der Waals surface area (Å²) in [6.45, 7) is 2.89. The summed E-state index contributed by atoms with van der Waals surface area (Å²) in [5.74, 6) is -0.261. The summed E-state index contributed by atoms with van der Waals surface area (Å²) in [5.41, 5.74) is 2.08. The highest BCUT2D eigenvalue weighted by atomic mass is 79.9. The summed E-state index contributed by atoms with van der Waals surface area (Å²) in [7, 11) is -3.60. The number of hydrogen-bond acceptors (Lipinski definition) is 4. The second-order valence-electron chi connectivity index (χ2n) is 6.43. The number of halogens is 1. The van der Waals surface area contributed by atoms with E-state index in [9.17, 15) is 13.2 Å². The second-order valence-corrected chi connectivity index (χ2v) is 9.05. The molecule has 0 saturated carbocycles. The number of benzene rings is 2. The fourth-order valence-corrected chi connectivity index (χ4v) is 4.19. The Labute approximate surface area is 167 Å². The Morgan fingerprint density at radius 3 is 2.59 bits per heavy atom.